The maximum absolute atomic E-state index is 12.7. The lowest BCUT2D eigenvalue weighted by atomic mass is 9.54. The zero-order valence-corrected chi connectivity index (χ0v) is 14.1. The molecule has 0 aromatic heterocycles. The molecule has 1 heterocycles. The van der Waals surface area contributed by atoms with Crippen molar-refractivity contribution in [2.75, 3.05) is 13.2 Å². The van der Waals surface area contributed by atoms with Crippen LogP contribution in [0.15, 0.2) is 11.8 Å². The highest BCUT2D eigenvalue weighted by Gasteiger charge is 2.66. The number of aliphatic hydroxyl groups is 1. The van der Waals surface area contributed by atoms with E-state index in [0.29, 0.717) is 25.2 Å². The van der Waals surface area contributed by atoms with Gasteiger partial charge in [0.2, 0.25) is 0 Å². The van der Waals surface area contributed by atoms with E-state index < -0.39 is 11.2 Å². The number of ether oxygens (including phenoxy) is 2. The number of alkyl halides is 1. The number of ketones is 1. The van der Waals surface area contributed by atoms with Crippen molar-refractivity contribution in [3.8, 4) is 0 Å². The van der Waals surface area contributed by atoms with E-state index in [0.717, 1.165) is 25.5 Å². The lowest BCUT2D eigenvalue weighted by Crippen LogP contribution is -2.64. The van der Waals surface area contributed by atoms with Crippen LogP contribution in [0.2, 0.25) is 0 Å². The minimum absolute atomic E-state index is 0.104. The Morgan fingerprint density at radius 2 is 1.95 bits per heavy atom. The number of allylic oxidation sites excluding steroid dienone is 1. The minimum atomic E-state index is -0.543. The number of aliphatic hydroxyl groups excluding tert-OH is 1. The van der Waals surface area contributed by atoms with E-state index in [1.54, 1.807) is 0 Å². The summed E-state index contributed by atoms with van der Waals surface area (Å²) in [6.07, 6.45) is 4.03. The van der Waals surface area contributed by atoms with Gasteiger partial charge in [0.05, 0.1) is 22.9 Å². The van der Waals surface area contributed by atoms with E-state index in [9.17, 15) is 9.90 Å². The Morgan fingerprint density at radius 3 is 2.55 bits per heavy atom. The van der Waals surface area contributed by atoms with Crippen LogP contribution in [0, 0.1) is 11.3 Å². The summed E-state index contributed by atoms with van der Waals surface area (Å²) >= 11 is 2.44. The Bertz CT molecular complexity index is 464. The SMILES string of the molecule is CC12CCC3(OCCO3)C(C)(I)C1CC/C(=C\O)C2=O. The lowest BCUT2D eigenvalue weighted by molar-refractivity contribution is -0.222. The standard InChI is InChI=1S/C15H21IO4/c1-13-5-6-15(19-7-8-20-15)14(2,16)11(13)4-3-10(9-17)12(13)18/h9,11,17H,3-8H2,1-2H3/b10-9+. The normalized spacial score (nSPS) is 45.9. The largest absolute Gasteiger partial charge is 0.515 e. The highest BCUT2D eigenvalue weighted by atomic mass is 127. The van der Waals surface area contributed by atoms with Crippen LogP contribution in [-0.2, 0) is 14.3 Å². The Morgan fingerprint density at radius 1 is 1.30 bits per heavy atom. The third-order valence-corrected chi connectivity index (χ3v) is 7.14. The first kappa shape index (κ1) is 14.8. The maximum Gasteiger partial charge on any atom is 0.183 e. The monoisotopic (exact) mass is 392 g/mol. The summed E-state index contributed by atoms with van der Waals surface area (Å²) in [7, 11) is 0. The number of carbonyl (C=O) groups is 1. The van der Waals surface area contributed by atoms with E-state index >= 15 is 0 Å². The van der Waals surface area contributed by atoms with Gasteiger partial charge in [-0.1, -0.05) is 29.5 Å². The second-order valence-corrected chi connectivity index (χ2v) is 8.76. The van der Waals surface area contributed by atoms with Gasteiger partial charge < -0.3 is 14.6 Å². The van der Waals surface area contributed by atoms with Crippen molar-refractivity contribution in [2.24, 2.45) is 11.3 Å². The quantitative estimate of drug-likeness (QED) is 0.298. The summed E-state index contributed by atoms with van der Waals surface area (Å²) in [5, 5.41) is 9.27. The zero-order valence-electron chi connectivity index (χ0n) is 11.9. The van der Waals surface area contributed by atoms with Crippen LogP contribution >= 0.6 is 22.6 Å². The molecule has 0 radical (unpaired) electrons. The van der Waals surface area contributed by atoms with Crippen LogP contribution in [0.4, 0.5) is 0 Å². The van der Waals surface area contributed by atoms with Gasteiger partial charge in [0, 0.05) is 17.4 Å². The number of Topliss-reactive ketones (excluding diaryl/α,β-unsaturated/α-hetero) is 1. The van der Waals surface area contributed by atoms with Crippen LogP contribution in [0.25, 0.3) is 0 Å². The molecule has 20 heavy (non-hydrogen) atoms. The zero-order chi connectivity index (χ0) is 14.6. The molecular weight excluding hydrogens is 371 g/mol. The average molecular weight is 392 g/mol. The van der Waals surface area contributed by atoms with Crippen molar-refractivity contribution in [1.82, 2.24) is 0 Å². The molecule has 1 spiro atoms. The first-order chi connectivity index (χ1) is 9.37. The number of rotatable bonds is 0. The molecule has 1 N–H and O–H groups in total. The molecular formula is C15H21IO4. The molecule has 5 heteroatoms. The fraction of sp³-hybridized carbons (Fsp3) is 0.800. The number of hydrogen-bond acceptors (Lipinski definition) is 4. The van der Waals surface area contributed by atoms with Gasteiger partial charge in [0.15, 0.2) is 11.6 Å². The maximum atomic E-state index is 12.7. The number of fused-ring (bicyclic) bond motifs is 1. The van der Waals surface area contributed by atoms with Crippen molar-refractivity contribution >= 4 is 28.4 Å². The number of halogens is 1. The molecule has 3 unspecified atom stereocenters. The molecule has 3 rings (SSSR count). The fourth-order valence-corrected chi connectivity index (χ4v) is 5.93. The van der Waals surface area contributed by atoms with Gasteiger partial charge >= 0.3 is 0 Å². The van der Waals surface area contributed by atoms with E-state index in [1.807, 2.05) is 6.92 Å². The van der Waals surface area contributed by atoms with Crippen molar-refractivity contribution in [3.63, 3.8) is 0 Å². The summed E-state index contributed by atoms with van der Waals surface area (Å²) in [5.41, 5.74) is 0.156. The van der Waals surface area contributed by atoms with Gasteiger partial charge in [-0.05, 0) is 32.1 Å². The molecule has 1 saturated heterocycles. The fourth-order valence-electron chi connectivity index (χ4n) is 4.35. The van der Waals surface area contributed by atoms with Crippen LogP contribution in [0.1, 0.15) is 39.5 Å². The van der Waals surface area contributed by atoms with Crippen molar-refractivity contribution in [2.45, 2.75) is 48.7 Å². The Hall–Kier alpha value is -0.140. The molecule has 3 atom stereocenters. The summed E-state index contributed by atoms with van der Waals surface area (Å²) < 4.78 is 11.7. The first-order valence-electron chi connectivity index (χ1n) is 7.22. The van der Waals surface area contributed by atoms with Crippen molar-refractivity contribution < 1.29 is 19.4 Å². The van der Waals surface area contributed by atoms with Crippen LogP contribution in [0.3, 0.4) is 0 Å². The van der Waals surface area contributed by atoms with Crippen LogP contribution in [0.5, 0.6) is 0 Å². The van der Waals surface area contributed by atoms with Gasteiger partial charge in [-0.2, -0.15) is 0 Å². The van der Waals surface area contributed by atoms with Gasteiger partial charge in [0.25, 0.3) is 0 Å². The molecule has 3 fully saturated rings. The number of carbonyl (C=O) groups excluding carboxylic acids is 1. The van der Waals surface area contributed by atoms with E-state index in [4.69, 9.17) is 9.47 Å². The third kappa shape index (κ3) is 1.75. The van der Waals surface area contributed by atoms with Crippen molar-refractivity contribution in [3.05, 3.63) is 11.8 Å². The van der Waals surface area contributed by atoms with E-state index in [2.05, 4.69) is 29.5 Å². The van der Waals surface area contributed by atoms with Gasteiger partial charge in [0.1, 0.15) is 0 Å². The van der Waals surface area contributed by atoms with Gasteiger partial charge in [-0.3, -0.25) is 4.79 Å². The molecule has 4 nitrogen and oxygen atoms in total. The minimum Gasteiger partial charge on any atom is -0.515 e. The Labute approximate surface area is 133 Å². The average Bonchev–Trinajstić information content (AvgIpc) is 2.88. The van der Waals surface area contributed by atoms with E-state index in [1.165, 1.54) is 0 Å². The summed E-state index contributed by atoms with van der Waals surface area (Å²) in [6.45, 7) is 5.47. The molecule has 0 amide bonds. The van der Waals surface area contributed by atoms with Gasteiger partial charge in [-0.15, -0.1) is 0 Å². The summed E-state index contributed by atoms with van der Waals surface area (Å²) in [6, 6.07) is 0. The predicted octanol–water partition coefficient (Wildman–Crippen LogP) is 3.14. The Balaban J connectivity index is 2.00. The molecule has 2 saturated carbocycles. The molecule has 0 bridgehead atoms. The van der Waals surface area contributed by atoms with Gasteiger partial charge in [-0.25, -0.2) is 0 Å². The summed E-state index contributed by atoms with van der Waals surface area (Å²) in [4.78, 5) is 12.7. The second kappa shape index (κ2) is 4.68. The second-order valence-electron chi connectivity index (χ2n) is 6.52. The third-order valence-electron chi connectivity index (χ3n) is 5.56. The molecule has 0 aromatic carbocycles. The highest BCUT2D eigenvalue weighted by molar-refractivity contribution is 14.1. The molecule has 1 aliphatic heterocycles. The smallest absolute Gasteiger partial charge is 0.183 e. The topological polar surface area (TPSA) is 55.8 Å². The highest BCUT2D eigenvalue weighted by Crippen LogP contribution is 2.62. The van der Waals surface area contributed by atoms with Crippen LogP contribution in [-0.4, -0.2) is 33.3 Å². The molecule has 112 valence electrons. The molecule has 0 aromatic rings. The molecule has 3 aliphatic rings. The summed E-state index contributed by atoms with van der Waals surface area (Å²) in [5.74, 6) is -0.232. The van der Waals surface area contributed by atoms with Crippen LogP contribution < -0.4 is 0 Å². The van der Waals surface area contributed by atoms with E-state index in [-0.39, 0.29) is 15.1 Å². The molecule has 2 aliphatic carbocycles. The number of hydrogen-bond donors (Lipinski definition) is 1. The predicted molar refractivity (Wildman–Crippen MR) is 82.8 cm³/mol. The first-order valence-corrected chi connectivity index (χ1v) is 8.30. The Kier molecular flexibility index (Phi) is 3.46. The van der Waals surface area contributed by atoms with Crippen molar-refractivity contribution in [1.29, 1.82) is 0 Å². The lowest BCUT2D eigenvalue weighted by Gasteiger charge is -2.57.